The summed E-state index contributed by atoms with van der Waals surface area (Å²) < 4.78 is 6.24. The molecule has 0 spiro atoms. The maximum Gasteiger partial charge on any atom is 0.146 e. The molecule has 5 saturated carbocycles. The van der Waals surface area contributed by atoms with Crippen molar-refractivity contribution in [2.24, 2.45) is 34.5 Å². The van der Waals surface area contributed by atoms with Crippen molar-refractivity contribution in [1.82, 2.24) is 0 Å². The van der Waals surface area contributed by atoms with E-state index in [0.717, 1.165) is 74.9 Å². The van der Waals surface area contributed by atoms with Crippen LogP contribution in [0.5, 0.6) is 5.75 Å². The maximum absolute atomic E-state index is 14.2. The molecule has 0 aliphatic heterocycles. The predicted octanol–water partition coefficient (Wildman–Crippen LogP) is 8.02. The topological polar surface area (TPSA) is 43.4 Å². The van der Waals surface area contributed by atoms with Crippen LogP contribution in [0.3, 0.4) is 0 Å². The summed E-state index contributed by atoms with van der Waals surface area (Å²) >= 11 is 0. The van der Waals surface area contributed by atoms with Crippen molar-refractivity contribution >= 4 is 11.6 Å². The van der Waals surface area contributed by atoms with Crippen LogP contribution in [-0.2, 0) is 28.0 Å². The Labute approximate surface area is 234 Å². The van der Waals surface area contributed by atoms with E-state index in [0.29, 0.717) is 12.4 Å². The lowest BCUT2D eigenvalue weighted by atomic mass is 9.47. The zero-order valence-electron chi connectivity index (χ0n) is 23.8. The highest BCUT2D eigenvalue weighted by Gasteiger charge is 2.58. The number of hydrogen-bond acceptors (Lipinski definition) is 3. The van der Waals surface area contributed by atoms with E-state index in [1.807, 2.05) is 18.2 Å². The molecule has 0 radical (unpaired) electrons. The molecule has 5 fully saturated rings. The normalized spacial score (nSPS) is 38.1. The van der Waals surface area contributed by atoms with Crippen molar-refractivity contribution in [2.45, 2.75) is 103 Å². The smallest absolute Gasteiger partial charge is 0.146 e. The van der Waals surface area contributed by atoms with Gasteiger partial charge in [0.05, 0.1) is 6.42 Å². The minimum Gasteiger partial charge on any atom is -0.489 e. The number of carbonyl (C=O) groups excluding carboxylic acids is 2. The van der Waals surface area contributed by atoms with Crippen LogP contribution in [0.1, 0.15) is 101 Å². The van der Waals surface area contributed by atoms with Crippen LogP contribution < -0.4 is 4.74 Å². The van der Waals surface area contributed by atoms with E-state index in [9.17, 15) is 9.59 Å². The Morgan fingerprint density at radius 1 is 0.872 bits per heavy atom. The standard InChI is InChI=1S/C36H44O3/c1-34-13-6-14-35(2,32(37)19-33(38)36-20-25-15-26(21-36)17-27(16-25)22-36)31(34)12-10-28-9-11-29(18-30(28)34)39-23-24-7-4-3-5-8-24/h3-5,7-9,11,18,25-27,31H,6,10,12-17,19-23H2,1-2H3/t25?,26?,27?,31-,34-,35-,36?/m1/s1. The number of ether oxygens (including phenoxy) is 1. The minimum absolute atomic E-state index is 0.0634. The molecule has 3 nitrogen and oxygen atoms in total. The van der Waals surface area contributed by atoms with Gasteiger partial charge in [0, 0.05) is 10.8 Å². The Bertz CT molecular complexity index is 1240. The average Bonchev–Trinajstić information content (AvgIpc) is 2.91. The number of benzene rings is 2. The van der Waals surface area contributed by atoms with E-state index >= 15 is 0 Å². The average molecular weight is 525 g/mol. The van der Waals surface area contributed by atoms with E-state index in [1.54, 1.807) is 0 Å². The fourth-order valence-corrected chi connectivity index (χ4v) is 10.6. The number of ketones is 2. The molecule has 0 aromatic heterocycles. The molecule has 3 atom stereocenters. The summed E-state index contributed by atoms with van der Waals surface area (Å²) in [7, 11) is 0. The summed E-state index contributed by atoms with van der Waals surface area (Å²) in [6.45, 7) is 5.16. The molecular weight excluding hydrogens is 480 g/mol. The fourth-order valence-electron chi connectivity index (χ4n) is 10.6. The van der Waals surface area contributed by atoms with Crippen molar-refractivity contribution in [2.75, 3.05) is 0 Å². The van der Waals surface area contributed by atoms with Crippen LogP contribution in [0.2, 0.25) is 0 Å². The molecule has 6 aliphatic rings. The number of Topliss-reactive ketones (excluding diaryl/α,β-unsaturated/α-hetero) is 2. The second kappa shape index (κ2) is 9.32. The SMILES string of the molecule is C[C@@]1(C(=O)CC(=O)C23CC4CC(CC(C4)C2)C3)CCC[C@]2(C)c3cc(OCc4ccccc4)ccc3CC[C@@H]12. The molecule has 2 aromatic carbocycles. The van der Waals surface area contributed by atoms with Gasteiger partial charge in [-0.1, -0.05) is 56.7 Å². The van der Waals surface area contributed by atoms with Gasteiger partial charge >= 0.3 is 0 Å². The third-order valence-corrected chi connectivity index (χ3v) is 12.2. The number of carbonyl (C=O) groups is 2. The molecule has 0 amide bonds. The Balaban J connectivity index is 1.11. The van der Waals surface area contributed by atoms with Crippen molar-refractivity contribution < 1.29 is 14.3 Å². The van der Waals surface area contributed by atoms with Gasteiger partial charge < -0.3 is 4.74 Å². The monoisotopic (exact) mass is 524 g/mol. The molecule has 2 aromatic rings. The van der Waals surface area contributed by atoms with E-state index in [-0.39, 0.29) is 29.0 Å². The molecule has 39 heavy (non-hydrogen) atoms. The van der Waals surface area contributed by atoms with Crippen LogP contribution in [0.15, 0.2) is 48.5 Å². The second-order valence-corrected chi connectivity index (χ2v) is 14.6. The summed E-state index contributed by atoms with van der Waals surface area (Å²) in [5, 5.41) is 0. The summed E-state index contributed by atoms with van der Waals surface area (Å²) in [6, 6.07) is 16.9. The number of hydrogen-bond donors (Lipinski definition) is 0. The Hall–Kier alpha value is -2.42. The third-order valence-electron chi connectivity index (χ3n) is 12.2. The number of aryl methyl sites for hydroxylation is 1. The van der Waals surface area contributed by atoms with Crippen LogP contribution in [0.4, 0.5) is 0 Å². The van der Waals surface area contributed by atoms with Crippen LogP contribution in [0, 0.1) is 34.5 Å². The van der Waals surface area contributed by atoms with Crippen LogP contribution in [0.25, 0.3) is 0 Å². The predicted molar refractivity (Wildman–Crippen MR) is 154 cm³/mol. The first-order valence-electron chi connectivity index (χ1n) is 15.6. The van der Waals surface area contributed by atoms with Gasteiger partial charge in [-0.05, 0) is 122 Å². The lowest BCUT2D eigenvalue weighted by molar-refractivity contribution is -0.150. The molecule has 3 heteroatoms. The fraction of sp³-hybridized carbons (Fsp3) is 0.611. The Kier molecular flexibility index (Phi) is 6.10. The van der Waals surface area contributed by atoms with Crippen molar-refractivity contribution in [3.63, 3.8) is 0 Å². The molecule has 0 saturated heterocycles. The molecular formula is C36H44O3. The summed E-state index contributed by atoms with van der Waals surface area (Å²) in [5.41, 5.74) is 3.27. The van der Waals surface area contributed by atoms with E-state index in [1.165, 1.54) is 36.0 Å². The first kappa shape index (κ1) is 25.5. The Morgan fingerprint density at radius 2 is 1.56 bits per heavy atom. The molecule has 4 bridgehead atoms. The highest BCUT2D eigenvalue weighted by atomic mass is 16.5. The van der Waals surface area contributed by atoms with Gasteiger partial charge in [0.15, 0.2) is 0 Å². The van der Waals surface area contributed by atoms with Gasteiger partial charge in [-0.25, -0.2) is 0 Å². The van der Waals surface area contributed by atoms with E-state index < -0.39 is 5.41 Å². The second-order valence-electron chi connectivity index (χ2n) is 14.6. The zero-order chi connectivity index (χ0) is 26.8. The largest absolute Gasteiger partial charge is 0.489 e. The molecule has 0 heterocycles. The van der Waals surface area contributed by atoms with E-state index in [2.05, 4.69) is 44.2 Å². The lowest BCUT2D eigenvalue weighted by Gasteiger charge is -2.57. The number of fused-ring (bicyclic) bond motifs is 3. The first-order chi connectivity index (χ1) is 18.8. The van der Waals surface area contributed by atoms with Crippen LogP contribution in [-0.4, -0.2) is 11.6 Å². The highest BCUT2D eigenvalue weighted by Crippen LogP contribution is 2.62. The summed E-state index contributed by atoms with van der Waals surface area (Å²) in [4.78, 5) is 28.1. The maximum atomic E-state index is 14.2. The van der Waals surface area contributed by atoms with Gasteiger partial charge in [-0.15, -0.1) is 0 Å². The molecule has 8 rings (SSSR count). The minimum atomic E-state index is -0.427. The van der Waals surface area contributed by atoms with Crippen molar-refractivity contribution in [3.8, 4) is 5.75 Å². The van der Waals surface area contributed by atoms with Crippen molar-refractivity contribution in [1.29, 1.82) is 0 Å². The summed E-state index contributed by atoms with van der Waals surface area (Å²) in [6.07, 6.45) is 12.4. The number of rotatable bonds is 7. The van der Waals surface area contributed by atoms with Crippen molar-refractivity contribution in [3.05, 3.63) is 65.2 Å². The first-order valence-corrected chi connectivity index (χ1v) is 15.6. The van der Waals surface area contributed by atoms with Gasteiger partial charge in [0.2, 0.25) is 0 Å². The molecule has 6 aliphatic carbocycles. The molecule has 0 N–H and O–H groups in total. The van der Waals surface area contributed by atoms with Gasteiger partial charge in [0.1, 0.15) is 23.9 Å². The highest BCUT2D eigenvalue weighted by molar-refractivity contribution is 6.04. The third kappa shape index (κ3) is 4.21. The zero-order valence-corrected chi connectivity index (χ0v) is 23.8. The van der Waals surface area contributed by atoms with Gasteiger partial charge in [-0.2, -0.15) is 0 Å². The summed E-state index contributed by atoms with van der Waals surface area (Å²) in [5.74, 6) is 3.92. The lowest BCUT2D eigenvalue weighted by Crippen LogP contribution is -2.54. The van der Waals surface area contributed by atoms with Gasteiger partial charge in [0.25, 0.3) is 0 Å². The van der Waals surface area contributed by atoms with E-state index in [4.69, 9.17) is 4.74 Å². The molecule has 0 unspecified atom stereocenters. The van der Waals surface area contributed by atoms with Crippen LogP contribution >= 0.6 is 0 Å². The Morgan fingerprint density at radius 3 is 2.26 bits per heavy atom. The quantitative estimate of drug-likeness (QED) is 0.345. The van der Waals surface area contributed by atoms with Gasteiger partial charge in [-0.3, -0.25) is 9.59 Å². The molecule has 206 valence electrons.